The number of aliphatic hydroxyl groups is 1. The molecule has 1 aliphatic rings. The van der Waals surface area contributed by atoms with E-state index in [1.54, 1.807) is 41.9 Å². The number of rotatable bonds is 5. The lowest BCUT2D eigenvalue weighted by Gasteiger charge is -2.41. The zero-order valence-electron chi connectivity index (χ0n) is 13.8. The van der Waals surface area contributed by atoms with E-state index in [1.165, 1.54) is 0 Å². The van der Waals surface area contributed by atoms with Crippen LogP contribution in [0.1, 0.15) is 17.7 Å². The number of carbonyl (C=O) groups is 1. The van der Waals surface area contributed by atoms with Gasteiger partial charge in [-0.05, 0) is 24.3 Å². The molecule has 3 rings (SSSR count). The van der Waals surface area contributed by atoms with E-state index in [0.717, 1.165) is 23.7 Å². The van der Waals surface area contributed by atoms with E-state index in [9.17, 15) is 9.90 Å². The first-order valence-corrected chi connectivity index (χ1v) is 8.93. The molecule has 128 valence electrons. The normalized spacial score (nSPS) is 20.8. The van der Waals surface area contributed by atoms with Crippen LogP contribution in [0.2, 0.25) is 0 Å². The van der Waals surface area contributed by atoms with Crippen molar-refractivity contribution < 1.29 is 9.90 Å². The van der Waals surface area contributed by atoms with Gasteiger partial charge in [0.2, 0.25) is 5.91 Å². The molecule has 24 heavy (non-hydrogen) atoms. The minimum Gasteiger partial charge on any atom is -0.386 e. The van der Waals surface area contributed by atoms with Crippen LogP contribution in [0, 0.1) is 0 Å². The standard InChI is InChI=1S/C17H22N4O2S/c1-20(16(22)10-14-4-2-9-24-14)12-17(23)5-3-8-21(13-17)15-11-18-6-7-19-15/h2,4,6-7,9,11,23H,3,5,8,10,12-13H2,1H3. The molecule has 0 aliphatic carbocycles. The summed E-state index contributed by atoms with van der Waals surface area (Å²) in [5, 5.41) is 12.9. The van der Waals surface area contributed by atoms with Gasteiger partial charge in [-0.25, -0.2) is 4.98 Å². The van der Waals surface area contributed by atoms with Gasteiger partial charge in [0.1, 0.15) is 5.82 Å². The number of hydrogen-bond donors (Lipinski definition) is 1. The van der Waals surface area contributed by atoms with Crippen molar-refractivity contribution in [3.63, 3.8) is 0 Å². The maximum atomic E-state index is 12.4. The van der Waals surface area contributed by atoms with Crippen molar-refractivity contribution in [3.05, 3.63) is 41.0 Å². The Morgan fingerprint density at radius 2 is 2.38 bits per heavy atom. The molecule has 1 amide bonds. The monoisotopic (exact) mass is 346 g/mol. The third-order valence-electron chi connectivity index (χ3n) is 4.29. The van der Waals surface area contributed by atoms with Gasteiger partial charge in [-0.2, -0.15) is 0 Å². The van der Waals surface area contributed by atoms with E-state index >= 15 is 0 Å². The predicted octanol–water partition coefficient (Wildman–Crippen LogP) is 1.57. The molecule has 7 heteroatoms. The highest BCUT2D eigenvalue weighted by Crippen LogP contribution is 2.25. The second-order valence-electron chi connectivity index (χ2n) is 6.32. The van der Waals surface area contributed by atoms with Crippen LogP contribution in [0.4, 0.5) is 5.82 Å². The largest absolute Gasteiger partial charge is 0.386 e. The fraction of sp³-hybridized carbons (Fsp3) is 0.471. The van der Waals surface area contributed by atoms with Gasteiger partial charge in [0.05, 0.1) is 24.8 Å². The van der Waals surface area contributed by atoms with Crippen LogP contribution in [-0.4, -0.2) is 58.2 Å². The molecule has 0 bridgehead atoms. The fourth-order valence-corrected chi connectivity index (χ4v) is 3.81. The molecule has 0 aromatic carbocycles. The quantitative estimate of drug-likeness (QED) is 0.890. The summed E-state index contributed by atoms with van der Waals surface area (Å²) in [7, 11) is 1.76. The first-order chi connectivity index (χ1) is 11.6. The Hall–Kier alpha value is -1.99. The molecule has 1 aliphatic heterocycles. The zero-order chi connectivity index (χ0) is 17.0. The maximum Gasteiger partial charge on any atom is 0.227 e. The molecule has 2 aromatic rings. The second-order valence-corrected chi connectivity index (χ2v) is 7.35. The van der Waals surface area contributed by atoms with Crippen molar-refractivity contribution in [1.82, 2.24) is 14.9 Å². The molecular formula is C17H22N4O2S. The molecule has 0 spiro atoms. The van der Waals surface area contributed by atoms with Gasteiger partial charge in [-0.3, -0.25) is 9.78 Å². The molecule has 2 aromatic heterocycles. The SMILES string of the molecule is CN(CC1(O)CCCN(c2cnccn2)C1)C(=O)Cc1cccs1. The Balaban J connectivity index is 1.61. The van der Waals surface area contributed by atoms with Gasteiger partial charge >= 0.3 is 0 Å². The third kappa shape index (κ3) is 4.10. The van der Waals surface area contributed by atoms with Gasteiger partial charge in [0.15, 0.2) is 0 Å². The molecule has 3 heterocycles. The molecule has 1 fully saturated rings. The summed E-state index contributed by atoms with van der Waals surface area (Å²) in [5.74, 6) is 0.797. The zero-order valence-corrected chi connectivity index (χ0v) is 14.6. The third-order valence-corrected chi connectivity index (χ3v) is 5.17. The Morgan fingerprint density at radius 3 is 3.08 bits per heavy atom. The number of amides is 1. The number of likely N-dealkylation sites (N-methyl/N-ethyl adjacent to an activating group) is 1. The number of thiophene rings is 1. The maximum absolute atomic E-state index is 12.4. The van der Waals surface area contributed by atoms with Gasteiger partial charge in [-0.15, -0.1) is 11.3 Å². The lowest BCUT2D eigenvalue weighted by Crippen LogP contribution is -2.55. The van der Waals surface area contributed by atoms with Crippen LogP contribution in [0.5, 0.6) is 0 Å². The molecule has 0 saturated carbocycles. The summed E-state index contributed by atoms with van der Waals surface area (Å²) in [6.45, 7) is 1.63. The first-order valence-electron chi connectivity index (χ1n) is 8.05. The number of aromatic nitrogens is 2. The Labute approximate surface area is 145 Å². The van der Waals surface area contributed by atoms with E-state index in [2.05, 4.69) is 9.97 Å². The van der Waals surface area contributed by atoms with Crippen LogP contribution in [0.25, 0.3) is 0 Å². The highest BCUT2D eigenvalue weighted by Gasteiger charge is 2.35. The first kappa shape index (κ1) is 16.9. The summed E-state index contributed by atoms with van der Waals surface area (Å²) in [6, 6.07) is 3.91. The van der Waals surface area contributed by atoms with Crippen molar-refractivity contribution in [2.24, 2.45) is 0 Å². The Bertz CT molecular complexity index is 664. The number of hydrogen-bond acceptors (Lipinski definition) is 6. The van der Waals surface area contributed by atoms with Crippen molar-refractivity contribution in [2.75, 3.05) is 31.6 Å². The number of β-amino-alcohol motifs (C(OH)–C–C–N with tert-alkyl or cyclic N) is 1. The molecule has 1 saturated heterocycles. The number of nitrogens with zero attached hydrogens (tertiary/aromatic N) is 4. The average Bonchev–Trinajstić information content (AvgIpc) is 3.08. The molecule has 1 N–H and O–H groups in total. The van der Waals surface area contributed by atoms with Gasteiger partial charge in [0.25, 0.3) is 0 Å². The van der Waals surface area contributed by atoms with Crippen LogP contribution < -0.4 is 4.90 Å². The van der Waals surface area contributed by atoms with Crippen LogP contribution >= 0.6 is 11.3 Å². The topological polar surface area (TPSA) is 69.6 Å². The molecule has 1 atom stereocenters. The van der Waals surface area contributed by atoms with Crippen LogP contribution in [0.15, 0.2) is 36.1 Å². The lowest BCUT2D eigenvalue weighted by molar-refractivity contribution is -0.132. The van der Waals surface area contributed by atoms with E-state index < -0.39 is 5.60 Å². The summed E-state index contributed by atoms with van der Waals surface area (Å²) in [5.41, 5.74) is -0.921. The van der Waals surface area contributed by atoms with Crippen molar-refractivity contribution in [3.8, 4) is 0 Å². The highest BCUT2D eigenvalue weighted by atomic mass is 32.1. The van der Waals surface area contributed by atoms with Crippen LogP contribution in [-0.2, 0) is 11.2 Å². The van der Waals surface area contributed by atoms with Gasteiger partial charge in [-0.1, -0.05) is 6.07 Å². The minimum absolute atomic E-state index is 0.0301. The lowest BCUT2D eigenvalue weighted by atomic mass is 9.92. The fourth-order valence-electron chi connectivity index (χ4n) is 3.12. The summed E-state index contributed by atoms with van der Waals surface area (Å²) >= 11 is 1.58. The molecule has 0 radical (unpaired) electrons. The van der Waals surface area contributed by atoms with Crippen molar-refractivity contribution >= 4 is 23.1 Å². The minimum atomic E-state index is -0.921. The molecule has 6 nitrogen and oxygen atoms in total. The smallest absolute Gasteiger partial charge is 0.227 e. The Kier molecular flexibility index (Phi) is 5.11. The number of piperidine rings is 1. The highest BCUT2D eigenvalue weighted by molar-refractivity contribution is 7.10. The average molecular weight is 346 g/mol. The van der Waals surface area contributed by atoms with Crippen molar-refractivity contribution in [1.29, 1.82) is 0 Å². The predicted molar refractivity (Wildman–Crippen MR) is 94.1 cm³/mol. The van der Waals surface area contributed by atoms with Crippen LogP contribution in [0.3, 0.4) is 0 Å². The number of carbonyl (C=O) groups excluding carboxylic acids is 1. The van der Waals surface area contributed by atoms with E-state index in [-0.39, 0.29) is 5.91 Å². The molecule has 1 unspecified atom stereocenters. The summed E-state index contributed by atoms with van der Waals surface area (Å²) in [4.78, 5) is 25.5. The van der Waals surface area contributed by atoms with Gasteiger partial charge < -0.3 is 14.9 Å². The van der Waals surface area contributed by atoms with Crippen molar-refractivity contribution in [2.45, 2.75) is 24.9 Å². The van der Waals surface area contributed by atoms with E-state index in [1.807, 2.05) is 22.4 Å². The second kappa shape index (κ2) is 7.27. The number of anilines is 1. The summed E-state index contributed by atoms with van der Waals surface area (Å²) < 4.78 is 0. The van der Waals surface area contributed by atoms with E-state index in [4.69, 9.17) is 0 Å². The Morgan fingerprint density at radius 1 is 1.50 bits per heavy atom. The molecular weight excluding hydrogens is 324 g/mol. The van der Waals surface area contributed by atoms with E-state index in [0.29, 0.717) is 25.9 Å². The van der Waals surface area contributed by atoms with Gasteiger partial charge in [0, 0.05) is 37.4 Å². The summed E-state index contributed by atoms with van der Waals surface area (Å²) in [6.07, 6.45) is 6.92.